The van der Waals surface area contributed by atoms with Crippen molar-refractivity contribution >= 4 is 23.0 Å². The standard InChI is InChI=1S/C17H25N3O/c1-2-13-6-4-3-5-9-20(13)16-11-15-12(10-14(16)18)7-8-17(21)19-15/h10-11,13H,2-9,18H2,1H3,(H,19,21). The van der Waals surface area contributed by atoms with Crippen LogP contribution >= 0.6 is 0 Å². The molecule has 1 saturated heterocycles. The molecule has 1 amide bonds. The number of aryl methyl sites for hydroxylation is 1. The Kier molecular flexibility index (Phi) is 4.04. The van der Waals surface area contributed by atoms with Crippen LogP contribution in [-0.4, -0.2) is 18.5 Å². The van der Waals surface area contributed by atoms with Crippen LogP contribution in [0.1, 0.15) is 51.0 Å². The minimum absolute atomic E-state index is 0.112. The first-order valence-corrected chi connectivity index (χ1v) is 8.18. The smallest absolute Gasteiger partial charge is 0.224 e. The average molecular weight is 287 g/mol. The number of nitrogen functional groups attached to an aromatic ring is 1. The molecule has 0 radical (unpaired) electrons. The van der Waals surface area contributed by atoms with Gasteiger partial charge in [-0.2, -0.15) is 0 Å². The number of hydrogen-bond donors (Lipinski definition) is 2. The summed E-state index contributed by atoms with van der Waals surface area (Å²) >= 11 is 0. The minimum atomic E-state index is 0.112. The summed E-state index contributed by atoms with van der Waals surface area (Å²) in [7, 11) is 0. The summed E-state index contributed by atoms with van der Waals surface area (Å²) in [6.07, 6.45) is 7.56. The number of amides is 1. The molecular formula is C17H25N3O. The Morgan fingerprint density at radius 1 is 1.29 bits per heavy atom. The van der Waals surface area contributed by atoms with E-state index in [9.17, 15) is 4.79 Å². The molecule has 1 atom stereocenters. The second-order valence-electron chi connectivity index (χ2n) is 6.22. The zero-order chi connectivity index (χ0) is 14.8. The maximum Gasteiger partial charge on any atom is 0.224 e. The summed E-state index contributed by atoms with van der Waals surface area (Å²) in [5.41, 5.74) is 10.4. The van der Waals surface area contributed by atoms with Gasteiger partial charge < -0.3 is 16.0 Å². The number of hydrogen-bond acceptors (Lipinski definition) is 3. The molecular weight excluding hydrogens is 262 g/mol. The Balaban J connectivity index is 1.96. The summed E-state index contributed by atoms with van der Waals surface area (Å²) in [6, 6.07) is 4.71. The van der Waals surface area contributed by atoms with E-state index in [0.717, 1.165) is 36.4 Å². The summed E-state index contributed by atoms with van der Waals surface area (Å²) in [5, 5.41) is 2.99. The predicted molar refractivity (Wildman–Crippen MR) is 87.7 cm³/mol. The lowest BCUT2D eigenvalue weighted by atomic mass is 10.00. The predicted octanol–water partition coefficient (Wildman–Crippen LogP) is 3.31. The monoisotopic (exact) mass is 287 g/mol. The van der Waals surface area contributed by atoms with Gasteiger partial charge >= 0.3 is 0 Å². The van der Waals surface area contributed by atoms with Gasteiger partial charge in [-0.05, 0) is 43.4 Å². The molecule has 2 aliphatic rings. The first-order chi connectivity index (χ1) is 10.2. The van der Waals surface area contributed by atoms with Gasteiger partial charge in [0, 0.05) is 24.7 Å². The van der Waals surface area contributed by atoms with Gasteiger partial charge in [-0.1, -0.05) is 19.8 Å². The van der Waals surface area contributed by atoms with Gasteiger partial charge in [-0.15, -0.1) is 0 Å². The van der Waals surface area contributed by atoms with Crippen LogP contribution in [-0.2, 0) is 11.2 Å². The third-order valence-electron chi connectivity index (χ3n) is 4.81. The molecule has 0 saturated carbocycles. The highest BCUT2D eigenvalue weighted by molar-refractivity contribution is 5.95. The number of nitrogens with one attached hydrogen (secondary N) is 1. The Morgan fingerprint density at radius 3 is 2.95 bits per heavy atom. The average Bonchev–Trinajstić information content (AvgIpc) is 2.72. The molecule has 114 valence electrons. The molecule has 1 unspecified atom stereocenters. The van der Waals surface area contributed by atoms with E-state index in [1.54, 1.807) is 0 Å². The van der Waals surface area contributed by atoms with Gasteiger partial charge in [-0.3, -0.25) is 4.79 Å². The molecule has 21 heavy (non-hydrogen) atoms. The molecule has 0 bridgehead atoms. The highest BCUT2D eigenvalue weighted by atomic mass is 16.1. The Labute approximate surface area is 126 Å². The highest BCUT2D eigenvalue weighted by Gasteiger charge is 2.24. The second kappa shape index (κ2) is 5.96. The van der Waals surface area contributed by atoms with Crippen LogP contribution < -0.4 is 16.0 Å². The van der Waals surface area contributed by atoms with E-state index < -0.39 is 0 Å². The van der Waals surface area contributed by atoms with Gasteiger partial charge in [-0.25, -0.2) is 0 Å². The normalized spacial score (nSPS) is 22.4. The summed E-state index contributed by atoms with van der Waals surface area (Å²) in [5.74, 6) is 0.112. The van der Waals surface area contributed by atoms with Gasteiger partial charge in [0.2, 0.25) is 5.91 Å². The maximum absolute atomic E-state index is 11.6. The minimum Gasteiger partial charge on any atom is -0.397 e. The summed E-state index contributed by atoms with van der Waals surface area (Å²) in [4.78, 5) is 14.1. The van der Waals surface area contributed by atoms with Crippen molar-refractivity contribution in [2.75, 3.05) is 22.5 Å². The van der Waals surface area contributed by atoms with Crippen LogP contribution in [0.15, 0.2) is 12.1 Å². The van der Waals surface area contributed by atoms with Crippen LogP contribution in [0.4, 0.5) is 17.1 Å². The van der Waals surface area contributed by atoms with Crippen molar-refractivity contribution in [3.05, 3.63) is 17.7 Å². The number of nitrogens with zero attached hydrogens (tertiary/aromatic N) is 1. The van der Waals surface area contributed by atoms with Crippen LogP contribution in [0.25, 0.3) is 0 Å². The zero-order valence-corrected chi connectivity index (χ0v) is 12.8. The first-order valence-electron chi connectivity index (χ1n) is 8.18. The molecule has 3 rings (SSSR count). The SMILES string of the molecule is CCC1CCCCCN1c1cc2c(cc1N)CCC(=O)N2. The number of benzene rings is 1. The van der Waals surface area contributed by atoms with E-state index in [-0.39, 0.29) is 5.91 Å². The lowest BCUT2D eigenvalue weighted by molar-refractivity contribution is -0.116. The van der Waals surface area contributed by atoms with Crippen molar-refractivity contribution in [2.45, 2.75) is 57.9 Å². The van der Waals surface area contributed by atoms with Gasteiger partial charge in [0.1, 0.15) is 0 Å². The fraction of sp³-hybridized carbons (Fsp3) is 0.588. The maximum atomic E-state index is 11.6. The van der Waals surface area contributed by atoms with Gasteiger partial charge in [0.05, 0.1) is 11.4 Å². The topological polar surface area (TPSA) is 58.4 Å². The fourth-order valence-corrected chi connectivity index (χ4v) is 3.60. The number of nitrogens with two attached hydrogens (primary N) is 1. The van der Waals surface area contributed by atoms with Crippen molar-refractivity contribution in [2.24, 2.45) is 0 Å². The van der Waals surface area contributed by atoms with Gasteiger partial charge in [0.15, 0.2) is 0 Å². The van der Waals surface area contributed by atoms with E-state index in [4.69, 9.17) is 5.73 Å². The third kappa shape index (κ3) is 2.85. The van der Waals surface area contributed by atoms with Gasteiger partial charge in [0.25, 0.3) is 0 Å². The Morgan fingerprint density at radius 2 is 2.14 bits per heavy atom. The van der Waals surface area contributed by atoms with Crippen molar-refractivity contribution in [3.8, 4) is 0 Å². The van der Waals surface area contributed by atoms with Crippen molar-refractivity contribution in [1.82, 2.24) is 0 Å². The summed E-state index contributed by atoms with van der Waals surface area (Å²) < 4.78 is 0. The van der Waals surface area contributed by atoms with Crippen LogP contribution in [0.2, 0.25) is 0 Å². The van der Waals surface area contributed by atoms with Crippen LogP contribution in [0.5, 0.6) is 0 Å². The van der Waals surface area contributed by atoms with E-state index in [2.05, 4.69) is 29.3 Å². The van der Waals surface area contributed by atoms with E-state index in [1.807, 2.05) is 0 Å². The zero-order valence-electron chi connectivity index (χ0n) is 12.8. The molecule has 1 aromatic rings. The number of carbonyl (C=O) groups is 1. The molecule has 0 aliphatic carbocycles. The second-order valence-corrected chi connectivity index (χ2v) is 6.22. The van der Waals surface area contributed by atoms with E-state index in [1.165, 1.54) is 31.2 Å². The molecule has 4 nitrogen and oxygen atoms in total. The molecule has 0 spiro atoms. The van der Waals surface area contributed by atoms with E-state index in [0.29, 0.717) is 12.5 Å². The summed E-state index contributed by atoms with van der Waals surface area (Å²) in [6.45, 7) is 3.31. The highest BCUT2D eigenvalue weighted by Crippen LogP contribution is 2.36. The molecule has 4 heteroatoms. The third-order valence-corrected chi connectivity index (χ3v) is 4.81. The fourth-order valence-electron chi connectivity index (χ4n) is 3.60. The van der Waals surface area contributed by atoms with Crippen molar-refractivity contribution < 1.29 is 4.79 Å². The van der Waals surface area contributed by atoms with Crippen molar-refractivity contribution in [1.29, 1.82) is 0 Å². The molecule has 3 N–H and O–H groups in total. The number of anilines is 3. The molecule has 1 fully saturated rings. The molecule has 2 aliphatic heterocycles. The first kappa shape index (κ1) is 14.2. The number of fused-ring (bicyclic) bond motifs is 1. The molecule has 1 aromatic carbocycles. The quantitative estimate of drug-likeness (QED) is 0.820. The Bertz CT molecular complexity index is 541. The molecule has 0 aromatic heterocycles. The van der Waals surface area contributed by atoms with Crippen molar-refractivity contribution in [3.63, 3.8) is 0 Å². The lowest BCUT2D eigenvalue weighted by Crippen LogP contribution is -2.35. The van der Waals surface area contributed by atoms with Crippen LogP contribution in [0, 0.1) is 0 Å². The van der Waals surface area contributed by atoms with Crippen LogP contribution in [0.3, 0.4) is 0 Å². The lowest BCUT2D eigenvalue weighted by Gasteiger charge is -2.33. The van der Waals surface area contributed by atoms with E-state index >= 15 is 0 Å². The number of rotatable bonds is 2. The largest absolute Gasteiger partial charge is 0.397 e. The molecule has 2 heterocycles. The Hall–Kier alpha value is -1.71. The number of carbonyl (C=O) groups excluding carboxylic acids is 1.